The van der Waals surface area contributed by atoms with Crippen molar-refractivity contribution in [1.82, 2.24) is 10.6 Å². The number of hydrogen-bond acceptors (Lipinski definition) is 11. The molecule has 4 amide bonds. The van der Waals surface area contributed by atoms with Crippen molar-refractivity contribution in [2.75, 3.05) is 6.61 Å². The zero-order valence-electron chi connectivity index (χ0n) is 26.6. The van der Waals surface area contributed by atoms with Gasteiger partial charge < -0.3 is 23.7 Å². The van der Waals surface area contributed by atoms with E-state index < -0.39 is 66.4 Å². The van der Waals surface area contributed by atoms with E-state index in [9.17, 15) is 28.8 Å². The van der Waals surface area contributed by atoms with Gasteiger partial charge in [-0.05, 0) is 32.6 Å². The maximum atomic E-state index is 12.8. The molecule has 2 fully saturated rings. The van der Waals surface area contributed by atoms with Crippen LogP contribution in [0.4, 0.5) is 4.79 Å². The number of ether oxygens (including phenoxy) is 5. The normalized spacial score (nSPS) is 26.7. The van der Waals surface area contributed by atoms with Gasteiger partial charge in [0.15, 0.2) is 12.2 Å². The average Bonchev–Trinajstić information content (AvgIpc) is 3.91. The molecule has 2 N–H and O–H groups in total. The Labute approximate surface area is 268 Å². The largest absolute Gasteiger partial charge is 0.465 e. The van der Waals surface area contributed by atoms with Crippen molar-refractivity contribution in [2.45, 2.75) is 115 Å². The number of alkyl carbamates (subject to hydrolysis) is 1. The lowest BCUT2D eigenvalue weighted by molar-refractivity contribution is -0.152. The number of epoxide rings is 2. The molecule has 0 aromatic rings. The number of esters is 2. The fourth-order valence-electron chi connectivity index (χ4n) is 4.90. The number of fused-ring (bicyclic) bond motifs is 1. The maximum Gasteiger partial charge on any atom is 0.414 e. The second-order valence-corrected chi connectivity index (χ2v) is 11.4. The molecule has 6 atom stereocenters. The van der Waals surface area contributed by atoms with Crippen molar-refractivity contribution >= 4 is 35.8 Å². The van der Waals surface area contributed by atoms with Gasteiger partial charge >= 0.3 is 18.0 Å². The monoisotopic (exact) mass is 644 g/mol. The third-order valence-corrected chi connectivity index (χ3v) is 7.32. The van der Waals surface area contributed by atoms with E-state index in [1.165, 1.54) is 18.2 Å². The van der Waals surface area contributed by atoms with E-state index in [0.29, 0.717) is 31.3 Å². The summed E-state index contributed by atoms with van der Waals surface area (Å²) in [4.78, 5) is 72.9. The molecule has 0 aromatic heterocycles. The average molecular weight is 645 g/mol. The van der Waals surface area contributed by atoms with Gasteiger partial charge in [0.05, 0.1) is 12.7 Å². The molecule has 0 radical (unpaired) electrons. The summed E-state index contributed by atoms with van der Waals surface area (Å²) in [5, 5.41) is 4.25. The van der Waals surface area contributed by atoms with E-state index in [4.69, 9.17) is 23.7 Å². The summed E-state index contributed by atoms with van der Waals surface area (Å²) in [6, 6.07) is 0. The summed E-state index contributed by atoms with van der Waals surface area (Å²) in [6.07, 6.45) is 10.9. The summed E-state index contributed by atoms with van der Waals surface area (Å²) >= 11 is 0. The SMILES string of the molecule is CCCCCCCC(=O)OCCC=C[C@H]1O[C@H]1[C@H]1OC(=O)C=CC=CC(=O)NC(=O)C=C(C)CC[C@H]2O[C@H]2[C@H]1OC(=O)NC(C)=O. The van der Waals surface area contributed by atoms with Crippen LogP contribution in [0.5, 0.6) is 0 Å². The van der Waals surface area contributed by atoms with E-state index in [-0.39, 0.29) is 12.6 Å². The minimum absolute atomic E-state index is 0.213. The van der Waals surface area contributed by atoms with Gasteiger partial charge in [-0.2, -0.15) is 0 Å². The minimum atomic E-state index is -1.14. The van der Waals surface area contributed by atoms with Crippen LogP contribution in [0.15, 0.2) is 48.1 Å². The Morgan fingerprint density at radius 1 is 1.00 bits per heavy atom. The number of carbonyl (C=O) groups excluding carboxylic acids is 6. The molecule has 0 saturated carbocycles. The van der Waals surface area contributed by atoms with Crippen LogP contribution < -0.4 is 10.6 Å². The lowest BCUT2D eigenvalue weighted by Gasteiger charge is -2.24. The number of unbranched alkanes of at least 4 members (excludes halogenated alkanes) is 4. The van der Waals surface area contributed by atoms with Gasteiger partial charge in [0, 0.05) is 31.6 Å². The van der Waals surface area contributed by atoms with E-state index in [2.05, 4.69) is 17.6 Å². The second-order valence-electron chi connectivity index (χ2n) is 11.4. The van der Waals surface area contributed by atoms with Gasteiger partial charge in [0.2, 0.25) is 5.91 Å². The number of imide groups is 2. The molecule has 3 rings (SSSR count). The molecule has 0 unspecified atom stereocenters. The van der Waals surface area contributed by atoms with Gasteiger partial charge in [-0.3, -0.25) is 29.8 Å². The van der Waals surface area contributed by atoms with Gasteiger partial charge in [0.1, 0.15) is 18.3 Å². The van der Waals surface area contributed by atoms with Gasteiger partial charge in [-0.1, -0.05) is 62.5 Å². The molecule has 252 valence electrons. The molecule has 3 heterocycles. The van der Waals surface area contributed by atoms with Crippen LogP contribution in [0, 0.1) is 0 Å². The summed E-state index contributed by atoms with van der Waals surface area (Å²) in [5.41, 5.74) is 0.691. The van der Waals surface area contributed by atoms with E-state index in [1.807, 2.05) is 0 Å². The predicted octanol–water partition coefficient (Wildman–Crippen LogP) is 3.42. The molecule has 3 aliphatic rings. The van der Waals surface area contributed by atoms with Gasteiger partial charge in [-0.25, -0.2) is 9.59 Å². The van der Waals surface area contributed by atoms with Crippen molar-refractivity contribution in [2.24, 2.45) is 0 Å². The Balaban J connectivity index is 1.68. The number of hydrogen-bond donors (Lipinski definition) is 2. The first kappa shape index (κ1) is 36.4. The topological polar surface area (TPSA) is 179 Å². The van der Waals surface area contributed by atoms with Crippen LogP contribution in [0.2, 0.25) is 0 Å². The first-order valence-corrected chi connectivity index (χ1v) is 15.8. The summed E-state index contributed by atoms with van der Waals surface area (Å²) in [7, 11) is 0. The van der Waals surface area contributed by atoms with E-state index in [0.717, 1.165) is 51.2 Å². The molecule has 2 saturated heterocycles. The smallest absolute Gasteiger partial charge is 0.414 e. The summed E-state index contributed by atoms with van der Waals surface area (Å²) in [6.45, 7) is 5.24. The number of allylic oxidation sites excluding steroid dienone is 3. The Kier molecular flexibility index (Phi) is 14.8. The Morgan fingerprint density at radius 2 is 1.76 bits per heavy atom. The Bertz CT molecular complexity index is 1240. The van der Waals surface area contributed by atoms with E-state index in [1.54, 1.807) is 19.1 Å². The molecule has 0 spiro atoms. The number of amides is 4. The molecule has 13 heteroatoms. The van der Waals surface area contributed by atoms with Crippen molar-refractivity contribution in [3.63, 3.8) is 0 Å². The highest BCUT2D eigenvalue weighted by molar-refractivity contribution is 6.05. The summed E-state index contributed by atoms with van der Waals surface area (Å²) in [5.74, 6) is -2.94. The van der Waals surface area contributed by atoms with Gasteiger partial charge in [0.25, 0.3) is 11.8 Å². The van der Waals surface area contributed by atoms with Crippen LogP contribution in [0.3, 0.4) is 0 Å². The molecule has 0 aliphatic carbocycles. The third-order valence-electron chi connectivity index (χ3n) is 7.32. The maximum absolute atomic E-state index is 12.8. The first-order chi connectivity index (χ1) is 22.1. The van der Waals surface area contributed by atoms with Crippen LogP contribution in [0.25, 0.3) is 0 Å². The highest BCUT2D eigenvalue weighted by Gasteiger charge is 2.58. The highest BCUT2D eigenvalue weighted by atomic mass is 16.7. The van der Waals surface area contributed by atoms with Crippen molar-refractivity contribution in [3.8, 4) is 0 Å². The van der Waals surface area contributed by atoms with Crippen molar-refractivity contribution in [1.29, 1.82) is 0 Å². The van der Waals surface area contributed by atoms with Crippen LogP contribution >= 0.6 is 0 Å². The van der Waals surface area contributed by atoms with Crippen LogP contribution in [0.1, 0.15) is 78.6 Å². The van der Waals surface area contributed by atoms with Crippen LogP contribution in [-0.2, 0) is 47.7 Å². The zero-order chi connectivity index (χ0) is 33.5. The Morgan fingerprint density at radius 3 is 2.52 bits per heavy atom. The molecule has 0 aromatic carbocycles. The standard InChI is InChI=1S/C33H44N2O11/c1-4-5-6-7-8-15-27(39)42-19-12-11-13-23-29(43-23)31-32(46-33(41)34-22(3)36)30-24(44-30)18-17-21(2)20-26(38)35-25(37)14-9-10-16-28(40)45-31/h9-11,13-14,16,20,23-24,29-32H,4-8,12,15,17-19H2,1-3H3,(H,34,36,41)(H,35,37,38)/t23-,24-,29-,30-,31-,32-/m1/s1. The van der Waals surface area contributed by atoms with E-state index >= 15 is 0 Å². The number of nitrogens with one attached hydrogen (secondary N) is 2. The molecular weight excluding hydrogens is 600 g/mol. The zero-order valence-corrected chi connectivity index (χ0v) is 26.6. The fraction of sp³-hybridized carbons (Fsp3) is 0.576. The quantitative estimate of drug-likeness (QED) is 0.0794. The molecule has 46 heavy (non-hydrogen) atoms. The summed E-state index contributed by atoms with van der Waals surface area (Å²) < 4.78 is 28.2. The van der Waals surface area contributed by atoms with Crippen LogP contribution in [-0.4, -0.2) is 79.0 Å². The third kappa shape index (κ3) is 13.5. The van der Waals surface area contributed by atoms with Gasteiger partial charge in [-0.15, -0.1) is 0 Å². The second kappa shape index (κ2) is 18.8. The molecular formula is C33H44N2O11. The first-order valence-electron chi connectivity index (χ1n) is 15.8. The molecule has 13 nitrogen and oxygen atoms in total. The molecule has 0 bridgehead atoms. The Hall–Kier alpha value is -4.10. The lowest BCUT2D eigenvalue weighted by Crippen LogP contribution is -2.46. The fourth-order valence-corrected chi connectivity index (χ4v) is 4.90. The number of rotatable bonds is 12. The number of carbonyl (C=O) groups is 6. The van der Waals surface area contributed by atoms with Crippen molar-refractivity contribution in [3.05, 3.63) is 48.1 Å². The predicted molar refractivity (Wildman–Crippen MR) is 164 cm³/mol. The van der Waals surface area contributed by atoms with Crippen molar-refractivity contribution < 1.29 is 52.5 Å². The highest BCUT2D eigenvalue weighted by Crippen LogP contribution is 2.39. The minimum Gasteiger partial charge on any atom is -0.465 e. The lowest BCUT2D eigenvalue weighted by atomic mass is 10.00. The number of cyclic esters (lactones) is 1. The molecule has 3 aliphatic heterocycles.